The van der Waals surface area contributed by atoms with Crippen molar-refractivity contribution in [3.8, 4) is 0 Å². The monoisotopic (exact) mass is 241 g/mol. The Kier molecular flexibility index (Phi) is 5.71. The largest absolute Gasteiger partial charge is 0.314 e. The molecule has 90 valence electrons. The summed E-state index contributed by atoms with van der Waals surface area (Å²) in [7, 11) is 0. The van der Waals surface area contributed by atoms with E-state index in [0.717, 1.165) is 25.2 Å². The molecule has 0 bridgehead atoms. The number of aromatic nitrogens is 2. The van der Waals surface area contributed by atoms with Crippen LogP contribution in [0.25, 0.3) is 0 Å². The van der Waals surface area contributed by atoms with E-state index in [1.807, 2.05) is 0 Å². The molecule has 0 spiro atoms. The quantitative estimate of drug-likeness (QED) is 0.832. The van der Waals surface area contributed by atoms with Crippen LogP contribution < -0.4 is 5.32 Å². The van der Waals surface area contributed by atoms with Gasteiger partial charge in [-0.25, -0.2) is 9.97 Å². The summed E-state index contributed by atoms with van der Waals surface area (Å²) < 4.78 is 0. The van der Waals surface area contributed by atoms with Gasteiger partial charge in [-0.05, 0) is 18.9 Å². The van der Waals surface area contributed by atoms with Crippen LogP contribution in [-0.4, -0.2) is 22.6 Å². The molecule has 1 N–H and O–H groups in total. The third-order valence-electron chi connectivity index (χ3n) is 2.35. The Balaban J connectivity index is 2.56. The van der Waals surface area contributed by atoms with E-state index in [0.29, 0.717) is 17.0 Å². The zero-order chi connectivity index (χ0) is 12.0. The van der Waals surface area contributed by atoms with Crippen LogP contribution in [0.15, 0.2) is 12.4 Å². The van der Waals surface area contributed by atoms with E-state index in [2.05, 4.69) is 36.1 Å². The Hall–Kier alpha value is -0.670. The van der Waals surface area contributed by atoms with Crippen LogP contribution in [0.1, 0.15) is 33.0 Å². The Bertz CT molecular complexity index is 298. The molecule has 0 saturated carbocycles. The summed E-state index contributed by atoms with van der Waals surface area (Å²) in [5.41, 5.74) is 0. The second-order valence-electron chi connectivity index (χ2n) is 4.41. The molecular weight excluding hydrogens is 222 g/mol. The zero-order valence-corrected chi connectivity index (χ0v) is 11.0. The number of hydrogen-bond acceptors (Lipinski definition) is 3. The normalized spacial score (nSPS) is 13.1. The predicted molar refractivity (Wildman–Crippen MR) is 67.7 cm³/mol. The van der Waals surface area contributed by atoms with Crippen molar-refractivity contribution < 1.29 is 0 Å². The van der Waals surface area contributed by atoms with E-state index < -0.39 is 0 Å². The zero-order valence-electron chi connectivity index (χ0n) is 10.2. The molecule has 4 heteroatoms. The van der Waals surface area contributed by atoms with Gasteiger partial charge in [0.2, 0.25) is 0 Å². The minimum Gasteiger partial charge on any atom is -0.314 e. The maximum atomic E-state index is 5.75. The van der Waals surface area contributed by atoms with Gasteiger partial charge < -0.3 is 5.32 Å². The molecule has 0 aliphatic heterocycles. The second-order valence-corrected chi connectivity index (χ2v) is 4.84. The lowest BCUT2D eigenvalue weighted by molar-refractivity contribution is 0.418. The molecule has 1 aromatic heterocycles. The lowest BCUT2D eigenvalue weighted by atomic mass is 10.0. The summed E-state index contributed by atoms with van der Waals surface area (Å²) in [6.45, 7) is 7.56. The summed E-state index contributed by atoms with van der Waals surface area (Å²) in [5.74, 6) is 1.53. The summed E-state index contributed by atoms with van der Waals surface area (Å²) in [5, 5.41) is 4.05. The fourth-order valence-corrected chi connectivity index (χ4v) is 1.86. The van der Waals surface area contributed by atoms with E-state index >= 15 is 0 Å². The van der Waals surface area contributed by atoms with Crippen molar-refractivity contribution >= 4 is 11.6 Å². The van der Waals surface area contributed by atoms with Crippen molar-refractivity contribution in [3.05, 3.63) is 23.2 Å². The van der Waals surface area contributed by atoms with Crippen LogP contribution in [0.3, 0.4) is 0 Å². The van der Waals surface area contributed by atoms with Gasteiger partial charge in [0.25, 0.3) is 0 Å². The first-order valence-corrected chi connectivity index (χ1v) is 6.19. The van der Waals surface area contributed by atoms with Crippen LogP contribution in [0, 0.1) is 5.92 Å². The summed E-state index contributed by atoms with van der Waals surface area (Å²) >= 11 is 5.75. The summed E-state index contributed by atoms with van der Waals surface area (Å²) in [4.78, 5) is 8.45. The van der Waals surface area contributed by atoms with Gasteiger partial charge in [-0.3, -0.25) is 0 Å². The van der Waals surface area contributed by atoms with E-state index in [4.69, 9.17) is 11.6 Å². The topological polar surface area (TPSA) is 37.8 Å². The molecule has 3 nitrogen and oxygen atoms in total. The third-order valence-corrected chi connectivity index (χ3v) is 2.55. The van der Waals surface area contributed by atoms with Gasteiger partial charge in [-0.1, -0.05) is 32.4 Å². The smallest absolute Gasteiger partial charge is 0.129 e. The Morgan fingerprint density at radius 2 is 1.94 bits per heavy atom. The first-order valence-electron chi connectivity index (χ1n) is 5.81. The number of nitrogens with zero attached hydrogens (tertiary/aromatic N) is 2. The molecule has 1 aromatic rings. The highest BCUT2D eigenvalue weighted by Crippen LogP contribution is 2.10. The first kappa shape index (κ1) is 13.4. The molecule has 1 atom stereocenters. The number of hydrogen-bond donors (Lipinski definition) is 1. The van der Waals surface area contributed by atoms with Crippen LogP contribution >= 0.6 is 11.6 Å². The summed E-state index contributed by atoms with van der Waals surface area (Å²) in [6.07, 6.45) is 5.31. The third kappa shape index (κ3) is 4.90. The van der Waals surface area contributed by atoms with Gasteiger partial charge in [0, 0.05) is 24.9 Å². The Morgan fingerprint density at radius 3 is 2.44 bits per heavy atom. The van der Waals surface area contributed by atoms with Gasteiger partial charge in [-0.15, -0.1) is 0 Å². The molecule has 1 heterocycles. The van der Waals surface area contributed by atoms with E-state index in [-0.39, 0.29) is 0 Å². The van der Waals surface area contributed by atoms with Crippen LogP contribution in [-0.2, 0) is 6.42 Å². The fraction of sp³-hybridized carbons (Fsp3) is 0.667. The van der Waals surface area contributed by atoms with E-state index in [1.165, 1.54) is 0 Å². The van der Waals surface area contributed by atoms with E-state index in [9.17, 15) is 0 Å². The van der Waals surface area contributed by atoms with Crippen molar-refractivity contribution in [2.75, 3.05) is 6.54 Å². The lowest BCUT2D eigenvalue weighted by Gasteiger charge is -2.18. The standard InChI is InChI=1S/C12H20ClN3/c1-4-14-11(5-9(2)3)6-12-15-7-10(13)8-16-12/h7-9,11,14H,4-6H2,1-3H3. The molecule has 0 radical (unpaired) electrons. The van der Waals surface area contributed by atoms with Crippen molar-refractivity contribution in [1.29, 1.82) is 0 Å². The Labute approximate surface area is 103 Å². The van der Waals surface area contributed by atoms with E-state index in [1.54, 1.807) is 12.4 Å². The molecular formula is C12H20ClN3. The van der Waals surface area contributed by atoms with Crippen molar-refractivity contribution in [1.82, 2.24) is 15.3 Å². The molecule has 0 aliphatic carbocycles. The van der Waals surface area contributed by atoms with Gasteiger partial charge in [0.05, 0.1) is 5.02 Å². The number of likely N-dealkylation sites (N-methyl/N-ethyl adjacent to an activating group) is 1. The average Bonchev–Trinajstić information content (AvgIpc) is 2.21. The number of rotatable bonds is 6. The van der Waals surface area contributed by atoms with Crippen molar-refractivity contribution in [2.24, 2.45) is 5.92 Å². The van der Waals surface area contributed by atoms with Crippen LogP contribution in [0.4, 0.5) is 0 Å². The van der Waals surface area contributed by atoms with Gasteiger partial charge in [0.15, 0.2) is 0 Å². The van der Waals surface area contributed by atoms with Crippen molar-refractivity contribution in [3.63, 3.8) is 0 Å². The average molecular weight is 242 g/mol. The SMILES string of the molecule is CCNC(Cc1ncc(Cl)cn1)CC(C)C. The van der Waals surface area contributed by atoms with Gasteiger partial charge in [0.1, 0.15) is 5.82 Å². The maximum absolute atomic E-state index is 5.75. The molecule has 1 rings (SSSR count). The molecule has 0 saturated heterocycles. The summed E-state index contributed by atoms with van der Waals surface area (Å²) in [6, 6.07) is 0.450. The second kappa shape index (κ2) is 6.81. The minimum absolute atomic E-state index is 0.450. The highest BCUT2D eigenvalue weighted by atomic mass is 35.5. The van der Waals surface area contributed by atoms with Gasteiger partial charge >= 0.3 is 0 Å². The maximum Gasteiger partial charge on any atom is 0.129 e. The molecule has 0 fully saturated rings. The highest BCUT2D eigenvalue weighted by Gasteiger charge is 2.11. The molecule has 0 aromatic carbocycles. The minimum atomic E-state index is 0.450. The number of halogens is 1. The Morgan fingerprint density at radius 1 is 1.31 bits per heavy atom. The molecule has 1 unspecified atom stereocenters. The molecule has 0 aliphatic rings. The van der Waals surface area contributed by atoms with Crippen LogP contribution in [0.5, 0.6) is 0 Å². The predicted octanol–water partition coefficient (Wildman–Crippen LogP) is 2.70. The van der Waals surface area contributed by atoms with Gasteiger partial charge in [-0.2, -0.15) is 0 Å². The number of nitrogens with one attached hydrogen (secondary N) is 1. The lowest BCUT2D eigenvalue weighted by Crippen LogP contribution is -2.32. The molecule has 16 heavy (non-hydrogen) atoms. The highest BCUT2D eigenvalue weighted by molar-refractivity contribution is 6.30. The van der Waals surface area contributed by atoms with Crippen molar-refractivity contribution in [2.45, 2.75) is 39.7 Å². The molecule has 0 amide bonds. The van der Waals surface area contributed by atoms with Crippen LogP contribution in [0.2, 0.25) is 5.02 Å². The fourth-order valence-electron chi connectivity index (χ4n) is 1.76. The first-order chi connectivity index (χ1) is 7.61.